The Kier molecular flexibility index (Phi) is 9.76. The minimum atomic E-state index is -0.0364. The fourth-order valence-electron chi connectivity index (χ4n) is 3.37. The highest BCUT2D eigenvalue weighted by Gasteiger charge is 2.22. The summed E-state index contributed by atoms with van der Waals surface area (Å²) in [4.78, 5) is 28.3. The quantitative estimate of drug-likeness (QED) is 0.781. The van der Waals surface area contributed by atoms with E-state index in [9.17, 15) is 9.59 Å². The van der Waals surface area contributed by atoms with E-state index < -0.39 is 0 Å². The molecule has 0 spiro atoms. The van der Waals surface area contributed by atoms with Crippen LogP contribution in [0.25, 0.3) is 0 Å². The Labute approximate surface area is 167 Å². The summed E-state index contributed by atoms with van der Waals surface area (Å²) in [5.74, 6) is -0.0267. The van der Waals surface area contributed by atoms with Gasteiger partial charge in [-0.15, -0.1) is 24.8 Å². The number of hydrogen-bond donors (Lipinski definition) is 2. The minimum absolute atomic E-state index is 0. The zero-order valence-corrected chi connectivity index (χ0v) is 16.5. The van der Waals surface area contributed by atoms with Gasteiger partial charge in [0.15, 0.2) is 0 Å². The molecule has 2 aliphatic heterocycles. The molecule has 0 aliphatic carbocycles. The molecule has 2 fully saturated rings. The number of benzene rings is 1. The maximum absolute atomic E-state index is 12.3. The Morgan fingerprint density at radius 1 is 1.08 bits per heavy atom. The number of halogens is 2. The van der Waals surface area contributed by atoms with Crippen molar-refractivity contribution in [2.75, 3.05) is 44.2 Å². The predicted octanol–water partition coefficient (Wildman–Crippen LogP) is 1.44. The van der Waals surface area contributed by atoms with Gasteiger partial charge in [-0.3, -0.25) is 9.59 Å². The van der Waals surface area contributed by atoms with Crippen LogP contribution >= 0.6 is 24.8 Å². The SMILES string of the molecule is Cl.Cl.O=C(CC1CCCN1)NCC(=O)N1CCN(c2ccccc2)CC1. The summed E-state index contributed by atoms with van der Waals surface area (Å²) in [5, 5.41) is 6.06. The van der Waals surface area contributed by atoms with E-state index in [-0.39, 0.29) is 49.2 Å². The third-order valence-corrected chi connectivity index (χ3v) is 4.78. The second-order valence-corrected chi connectivity index (χ2v) is 6.48. The van der Waals surface area contributed by atoms with E-state index in [1.807, 2.05) is 23.1 Å². The van der Waals surface area contributed by atoms with Crippen LogP contribution in [0.3, 0.4) is 0 Å². The highest BCUT2D eigenvalue weighted by Crippen LogP contribution is 2.15. The van der Waals surface area contributed by atoms with Crippen LogP contribution in [0.2, 0.25) is 0 Å². The van der Waals surface area contributed by atoms with Crippen molar-refractivity contribution in [1.29, 1.82) is 0 Å². The highest BCUT2D eigenvalue weighted by molar-refractivity contribution is 5.86. The third kappa shape index (κ3) is 6.34. The van der Waals surface area contributed by atoms with Crippen LogP contribution in [-0.4, -0.2) is 62.0 Å². The molecule has 26 heavy (non-hydrogen) atoms. The molecule has 3 rings (SSSR count). The summed E-state index contributed by atoms with van der Waals surface area (Å²) in [6, 6.07) is 10.5. The molecule has 2 saturated heterocycles. The zero-order chi connectivity index (χ0) is 16.8. The molecule has 146 valence electrons. The van der Waals surface area contributed by atoms with Crippen LogP contribution in [-0.2, 0) is 9.59 Å². The van der Waals surface area contributed by atoms with Crippen molar-refractivity contribution in [3.8, 4) is 0 Å². The lowest BCUT2D eigenvalue weighted by Gasteiger charge is -2.36. The van der Waals surface area contributed by atoms with Gasteiger partial charge < -0.3 is 20.4 Å². The second-order valence-electron chi connectivity index (χ2n) is 6.48. The Balaban J connectivity index is 0.00000169. The van der Waals surface area contributed by atoms with Crippen LogP contribution in [0, 0.1) is 0 Å². The molecule has 1 aromatic carbocycles. The maximum Gasteiger partial charge on any atom is 0.242 e. The summed E-state index contributed by atoms with van der Waals surface area (Å²) >= 11 is 0. The van der Waals surface area contributed by atoms with Gasteiger partial charge in [0.2, 0.25) is 11.8 Å². The first-order chi connectivity index (χ1) is 11.7. The van der Waals surface area contributed by atoms with E-state index in [0.717, 1.165) is 32.5 Å². The number of anilines is 1. The Hall–Kier alpha value is -1.50. The summed E-state index contributed by atoms with van der Waals surface area (Å²) in [6.07, 6.45) is 2.64. The van der Waals surface area contributed by atoms with Gasteiger partial charge in [-0.1, -0.05) is 18.2 Å². The summed E-state index contributed by atoms with van der Waals surface area (Å²) in [7, 11) is 0. The molecular formula is C18H28Cl2N4O2. The fourth-order valence-corrected chi connectivity index (χ4v) is 3.37. The lowest BCUT2D eigenvalue weighted by molar-refractivity contribution is -0.133. The topological polar surface area (TPSA) is 64.7 Å². The molecule has 6 nitrogen and oxygen atoms in total. The average Bonchev–Trinajstić information content (AvgIpc) is 3.13. The van der Waals surface area contributed by atoms with Crippen LogP contribution in [0.5, 0.6) is 0 Å². The molecule has 1 aromatic rings. The van der Waals surface area contributed by atoms with E-state index >= 15 is 0 Å². The standard InChI is InChI=1S/C18H26N4O2.2ClH/c23-17(13-15-5-4-8-19-15)20-14-18(24)22-11-9-21(10-12-22)16-6-2-1-3-7-16;;/h1-3,6-7,15,19H,4-5,8-14H2,(H,20,23);2*1H. The highest BCUT2D eigenvalue weighted by atomic mass is 35.5. The third-order valence-electron chi connectivity index (χ3n) is 4.78. The van der Waals surface area contributed by atoms with Gasteiger partial charge >= 0.3 is 0 Å². The van der Waals surface area contributed by atoms with Crippen molar-refractivity contribution in [2.45, 2.75) is 25.3 Å². The van der Waals surface area contributed by atoms with Crippen molar-refractivity contribution in [3.05, 3.63) is 30.3 Å². The second kappa shape index (κ2) is 11.3. The molecule has 0 radical (unpaired) electrons. The van der Waals surface area contributed by atoms with Crippen LogP contribution in [0.1, 0.15) is 19.3 Å². The first kappa shape index (κ1) is 22.5. The van der Waals surface area contributed by atoms with Gasteiger partial charge in [-0.25, -0.2) is 0 Å². The summed E-state index contributed by atoms with van der Waals surface area (Å²) in [5.41, 5.74) is 1.20. The molecule has 2 aliphatic rings. The van der Waals surface area contributed by atoms with Gasteiger partial charge in [0, 0.05) is 44.3 Å². The van der Waals surface area contributed by atoms with Gasteiger partial charge in [-0.2, -0.15) is 0 Å². The molecule has 1 unspecified atom stereocenters. The number of rotatable bonds is 5. The number of hydrogen-bond acceptors (Lipinski definition) is 4. The van der Waals surface area contributed by atoms with Crippen molar-refractivity contribution in [2.24, 2.45) is 0 Å². The Morgan fingerprint density at radius 3 is 2.38 bits per heavy atom. The molecular weight excluding hydrogens is 375 g/mol. The summed E-state index contributed by atoms with van der Waals surface area (Å²) in [6.45, 7) is 4.16. The van der Waals surface area contributed by atoms with Gasteiger partial charge in [0.25, 0.3) is 0 Å². The fraction of sp³-hybridized carbons (Fsp3) is 0.556. The monoisotopic (exact) mass is 402 g/mol. The molecule has 8 heteroatoms. The molecule has 0 aromatic heterocycles. The average molecular weight is 403 g/mol. The van der Waals surface area contributed by atoms with E-state index in [1.165, 1.54) is 5.69 Å². The number of para-hydroxylation sites is 1. The van der Waals surface area contributed by atoms with E-state index in [2.05, 4.69) is 27.7 Å². The molecule has 1 atom stereocenters. The number of carbonyl (C=O) groups excluding carboxylic acids is 2. The van der Waals surface area contributed by atoms with Gasteiger partial charge in [0.1, 0.15) is 0 Å². The van der Waals surface area contributed by atoms with Crippen molar-refractivity contribution < 1.29 is 9.59 Å². The largest absolute Gasteiger partial charge is 0.368 e. The maximum atomic E-state index is 12.3. The van der Waals surface area contributed by atoms with Crippen molar-refractivity contribution in [1.82, 2.24) is 15.5 Å². The predicted molar refractivity (Wildman–Crippen MR) is 108 cm³/mol. The lowest BCUT2D eigenvalue weighted by atomic mass is 10.1. The molecule has 2 amide bonds. The molecule has 2 N–H and O–H groups in total. The van der Waals surface area contributed by atoms with Gasteiger partial charge in [0.05, 0.1) is 6.54 Å². The molecule has 2 heterocycles. The number of nitrogens with zero attached hydrogens (tertiary/aromatic N) is 2. The van der Waals surface area contributed by atoms with E-state index in [1.54, 1.807) is 0 Å². The smallest absolute Gasteiger partial charge is 0.242 e. The first-order valence-electron chi connectivity index (χ1n) is 8.80. The normalized spacial score (nSPS) is 19.3. The number of piperazine rings is 1. The number of carbonyl (C=O) groups is 2. The Bertz CT molecular complexity index is 560. The van der Waals surface area contributed by atoms with Crippen LogP contribution in [0.4, 0.5) is 5.69 Å². The number of nitrogens with one attached hydrogen (secondary N) is 2. The number of amides is 2. The Morgan fingerprint density at radius 2 is 1.77 bits per heavy atom. The van der Waals surface area contributed by atoms with E-state index in [4.69, 9.17) is 0 Å². The van der Waals surface area contributed by atoms with Crippen LogP contribution < -0.4 is 15.5 Å². The molecule has 0 bridgehead atoms. The minimum Gasteiger partial charge on any atom is -0.368 e. The molecule has 0 saturated carbocycles. The lowest BCUT2D eigenvalue weighted by Crippen LogP contribution is -2.51. The van der Waals surface area contributed by atoms with Gasteiger partial charge in [-0.05, 0) is 31.5 Å². The van der Waals surface area contributed by atoms with Crippen molar-refractivity contribution in [3.63, 3.8) is 0 Å². The van der Waals surface area contributed by atoms with E-state index in [0.29, 0.717) is 19.5 Å². The summed E-state index contributed by atoms with van der Waals surface area (Å²) < 4.78 is 0. The van der Waals surface area contributed by atoms with Crippen molar-refractivity contribution >= 4 is 42.3 Å². The van der Waals surface area contributed by atoms with Crippen LogP contribution in [0.15, 0.2) is 30.3 Å². The first-order valence-corrected chi connectivity index (χ1v) is 8.80. The zero-order valence-electron chi connectivity index (χ0n) is 14.9.